The molecule has 2 fully saturated rings. The van der Waals surface area contributed by atoms with Gasteiger partial charge in [0, 0.05) is 24.4 Å². The molecule has 2 amide bonds. The second kappa shape index (κ2) is 15.6. The van der Waals surface area contributed by atoms with Gasteiger partial charge in [-0.3, -0.25) is 29.1 Å². The van der Waals surface area contributed by atoms with Crippen molar-refractivity contribution in [2.24, 2.45) is 23.7 Å². The van der Waals surface area contributed by atoms with Crippen LogP contribution < -0.4 is 15.4 Å². The molecular formula is C34H52N7O9. The third-order valence-corrected chi connectivity index (χ3v) is 9.05. The third kappa shape index (κ3) is 8.69. The molecule has 2 N–H and O–H groups in total. The molecule has 0 aromatic carbocycles. The molecule has 2 aromatic rings. The monoisotopic (exact) mass is 702 g/mol. The van der Waals surface area contributed by atoms with Crippen molar-refractivity contribution in [1.82, 2.24) is 29.9 Å². The van der Waals surface area contributed by atoms with Gasteiger partial charge < -0.3 is 24.3 Å². The number of amides is 2. The summed E-state index contributed by atoms with van der Waals surface area (Å²) in [4.78, 5) is 63.9. The summed E-state index contributed by atoms with van der Waals surface area (Å²) in [6.07, 6.45) is 0.433. The molecule has 0 aliphatic carbocycles. The summed E-state index contributed by atoms with van der Waals surface area (Å²) >= 11 is 0. The zero-order valence-electron chi connectivity index (χ0n) is 30.8. The van der Waals surface area contributed by atoms with Gasteiger partial charge in [-0.2, -0.15) is 9.97 Å². The Kier molecular flexibility index (Phi) is 12.1. The number of imidazole rings is 1. The SMILES string of the molecule is CC(C)C(=O)Nc1nc(OCCCNC(=O)C2CC(C)(C)N([O])C2(C)C)c2ncn([C@H]3C[C@H](OC(=O)C(C)C)[C@@H](COC(=O)C(C)C)O3)c2n1. The van der Waals surface area contributed by atoms with Crippen LogP contribution in [-0.4, -0.2) is 91.4 Å². The Hall–Kier alpha value is -3.89. The van der Waals surface area contributed by atoms with Gasteiger partial charge in [-0.1, -0.05) is 41.5 Å². The van der Waals surface area contributed by atoms with Gasteiger partial charge in [0.1, 0.15) is 25.0 Å². The predicted molar refractivity (Wildman–Crippen MR) is 180 cm³/mol. The third-order valence-electron chi connectivity index (χ3n) is 9.05. The van der Waals surface area contributed by atoms with Crippen LogP contribution in [-0.2, 0) is 38.6 Å². The molecule has 0 bridgehead atoms. The Morgan fingerprint density at radius 3 is 2.28 bits per heavy atom. The van der Waals surface area contributed by atoms with Gasteiger partial charge in [0.15, 0.2) is 11.2 Å². The van der Waals surface area contributed by atoms with Crippen molar-refractivity contribution in [2.75, 3.05) is 25.1 Å². The Labute approximate surface area is 292 Å². The highest BCUT2D eigenvalue weighted by Gasteiger charge is 2.55. The maximum absolute atomic E-state index is 13.0. The number of rotatable bonds is 14. The van der Waals surface area contributed by atoms with Gasteiger partial charge in [0.05, 0.1) is 36.2 Å². The van der Waals surface area contributed by atoms with E-state index in [4.69, 9.17) is 18.9 Å². The molecular weight excluding hydrogens is 650 g/mol. The van der Waals surface area contributed by atoms with Crippen LogP contribution in [0.25, 0.3) is 11.2 Å². The van der Waals surface area contributed by atoms with Crippen molar-refractivity contribution >= 4 is 40.9 Å². The molecule has 2 saturated heterocycles. The molecule has 2 aromatic heterocycles. The molecule has 16 nitrogen and oxygen atoms in total. The number of carbonyl (C=O) groups excluding carboxylic acids is 4. The van der Waals surface area contributed by atoms with E-state index in [2.05, 4.69) is 25.6 Å². The van der Waals surface area contributed by atoms with E-state index in [1.54, 1.807) is 60.0 Å². The number of carbonyl (C=O) groups is 4. The van der Waals surface area contributed by atoms with Gasteiger partial charge in [0.2, 0.25) is 23.6 Å². The van der Waals surface area contributed by atoms with E-state index in [0.29, 0.717) is 30.6 Å². The molecule has 16 heteroatoms. The first kappa shape index (κ1) is 38.9. The molecule has 1 unspecified atom stereocenters. The van der Waals surface area contributed by atoms with Crippen molar-refractivity contribution in [1.29, 1.82) is 0 Å². The van der Waals surface area contributed by atoms with Crippen LogP contribution in [0.2, 0.25) is 0 Å². The number of anilines is 1. The highest BCUT2D eigenvalue weighted by Crippen LogP contribution is 2.44. The van der Waals surface area contributed by atoms with Crippen molar-refractivity contribution in [3.8, 4) is 5.88 Å². The summed E-state index contributed by atoms with van der Waals surface area (Å²) in [5.41, 5.74) is -0.862. The second-order valence-corrected chi connectivity index (χ2v) is 15.1. The van der Waals surface area contributed by atoms with Gasteiger partial charge in [-0.05, 0) is 40.5 Å². The highest BCUT2D eigenvalue weighted by atomic mass is 16.6. The number of hydroxylamine groups is 2. The van der Waals surface area contributed by atoms with E-state index in [-0.39, 0.29) is 61.0 Å². The minimum atomic E-state index is -0.829. The van der Waals surface area contributed by atoms with Crippen LogP contribution >= 0.6 is 0 Å². The number of hydrogen-bond acceptors (Lipinski definition) is 12. The fourth-order valence-corrected chi connectivity index (χ4v) is 6.02. The van der Waals surface area contributed by atoms with E-state index in [1.165, 1.54) is 6.33 Å². The van der Waals surface area contributed by atoms with Crippen molar-refractivity contribution in [3.05, 3.63) is 6.33 Å². The van der Waals surface area contributed by atoms with Gasteiger partial charge in [0.25, 0.3) is 0 Å². The summed E-state index contributed by atoms with van der Waals surface area (Å²) in [5, 5.41) is 19.4. The maximum atomic E-state index is 13.0. The molecule has 4 heterocycles. The lowest BCUT2D eigenvalue weighted by Gasteiger charge is -2.33. The Bertz CT molecular complexity index is 1550. The zero-order valence-corrected chi connectivity index (χ0v) is 30.8. The average molecular weight is 703 g/mol. The topological polar surface area (TPSA) is 196 Å². The van der Waals surface area contributed by atoms with Crippen molar-refractivity contribution in [2.45, 2.75) is 118 Å². The van der Waals surface area contributed by atoms with Crippen LogP contribution in [0.3, 0.4) is 0 Å². The van der Waals surface area contributed by atoms with E-state index in [9.17, 15) is 24.4 Å². The van der Waals surface area contributed by atoms with E-state index < -0.39 is 47.4 Å². The zero-order chi connectivity index (χ0) is 37.1. The van der Waals surface area contributed by atoms with Gasteiger partial charge in [-0.25, -0.2) is 4.98 Å². The van der Waals surface area contributed by atoms with Crippen LogP contribution in [0, 0.1) is 23.7 Å². The summed E-state index contributed by atoms with van der Waals surface area (Å²) in [6.45, 7) is 18.0. The number of nitrogens with zero attached hydrogens (tertiary/aromatic N) is 5. The first-order valence-corrected chi connectivity index (χ1v) is 17.3. The molecule has 277 valence electrons. The Morgan fingerprint density at radius 1 is 1.00 bits per heavy atom. The smallest absolute Gasteiger partial charge is 0.308 e. The Balaban J connectivity index is 1.51. The number of ether oxygens (including phenoxy) is 4. The van der Waals surface area contributed by atoms with Crippen molar-refractivity contribution < 1.29 is 43.3 Å². The number of esters is 2. The molecule has 1 radical (unpaired) electrons. The normalized spacial score (nSPS) is 23.1. The van der Waals surface area contributed by atoms with E-state index in [0.717, 1.165) is 5.06 Å². The largest absolute Gasteiger partial charge is 0.476 e. The maximum Gasteiger partial charge on any atom is 0.308 e. The lowest BCUT2D eigenvalue weighted by atomic mass is 9.86. The fraction of sp³-hybridized carbons (Fsp3) is 0.735. The number of nitrogens with one attached hydrogen (secondary N) is 2. The van der Waals surface area contributed by atoms with E-state index >= 15 is 0 Å². The predicted octanol–water partition coefficient (Wildman–Crippen LogP) is 3.59. The Morgan fingerprint density at radius 2 is 1.68 bits per heavy atom. The first-order chi connectivity index (χ1) is 23.3. The molecule has 50 heavy (non-hydrogen) atoms. The summed E-state index contributed by atoms with van der Waals surface area (Å²) in [6, 6.07) is 0. The standard InChI is InChI=1S/C34H52N7O9/c1-18(2)27(42)38-32-37-26-25(29(39-32)47-13-11-12-35-28(43)21-15-33(7,8)41(46)34(21,9)10)36-17-40(26)24-14-22(50-31(45)20(5)6)23(49-24)16-48-30(44)19(3)4/h17-24H,11-16H2,1-10H3,(H,35,43)(H,37,38,39,42)/t21?,22-,23+,24+/m0/s1. The molecule has 4 atom stereocenters. The minimum Gasteiger partial charge on any atom is -0.476 e. The van der Waals surface area contributed by atoms with Crippen molar-refractivity contribution in [3.63, 3.8) is 0 Å². The van der Waals surface area contributed by atoms with E-state index in [1.807, 2.05) is 13.8 Å². The second-order valence-electron chi connectivity index (χ2n) is 15.1. The average Bonchev–Trinajstić information content (AvgIpc) is 3.69. The van der Waals surface area contributed by atoms with Crippen LogP contribution in [0.4, 0.5) is 5.95 Å². The molecule has 0 saturated carbocycles. The molecule has 0 spiro atoms. The molecule has 4 rings (SSSR count). The lowest BCUT2D eigenvalue weighted by Crippen LogP contribution is -2.49. The lowest BCUT2D eigenvalue weighted by molar-refractivity contribution is -0.247. The summed E-state index contributed by atoms with van der Waals surface area (Å²) < 4.78 is 25.1. The van der Waals surface area contributed by atoms with Crippen LogP contribution in [0.5, 0.6) is 5.88 Å². The fourth-order valence-electron chi connectivity index (χ4n) is 6.02. The van der Waals surface area contributed by atoms with Crippen LogP contribution in [0.15, 0.2) is 6.33 Å². The number of fused-ring (bicyclic) bond motifs is 1. The summed E-state index contributed by atoms with van der Waals surface area (Å²) in [5.74, 6) is -2.71. The quantitative estimate of drug-likeness (QED) is 0.215. The number of hydrogen-bond donors (Lipinski definition) is 2. The molecule has 2 aliphatic heterocycles. The van der Waals surface area contributed by atoms with Crippen LogP contribution in [0.1, 0.15) is 94.7 Å². The minimum absolute atomic E-state index is 0.00213. The van der Waals surface area contributed by atoms with Gasteiger partial charge >= 0.3 is 11.9 Å². The molecule has 2 aliphatic rings. The number of aromatic nitrogens is 4. The first-order valence-electron chi connectivity index (χ1n) is 17.3. The summed E-state index contributed by atoms with van der Waals surface area (Å²) in [7, 11) is 0. The highest BCUT2D eigenvalue weighted by molar-refractivity contribution is 5.91. The van der Waals surface area contributed by atoms with Gasteiger partial charge in [-0.15, -0.1) is 10.3 Å².